The third kappa shape index (κ3) is 8.05. The maximum atomic E-state index is 10.1. The van der Waals surface area contributed by atoms with Crippen LogP contribution in [0.1, 0.15) is 0 Å². The summed E-state index contributed by atoms with van der Waals surface area (Å²) in [6.45, 7) is 4.95. The van der Waals surface area contributed by atoms with E-state index in [9.17, 15) is 4.79 Å². The first kappa shape index (κ1) is 13.7. The number of carboxylic acids is 1. The van der Waals surface area contributed by atoms with Crippen molar-refractivity contribution in [3.8, 4) is 0 Å². The van der Waals surface area contributed by atoms with Gasteiger partial charge in [-0.25, -0.2) is 12.6 Å². The molecule has 0 fully saturated rings. The van der Waals surface area contributed by atoms with Crippen LogP contribution in [0.15, 0.2) is 23.1 Å². The minimum atomic E-state index is -1.08. The van der Waals surface area contributed by atoms with Gasteiger partial charge in [-0.05, 0) is 4.91 Å². The van der Waals surface area contributed by atoms with E-state index in [0.717, 1.165) is 0 Å². The van der Waals surface area contributed by atoms with Gasteiger partial charge in [0.15, 0.2) is 0 Å². The van der Waals surface area contributed by atoms with E-state index in [1.807, 2.05) is 0 Å². The van der Waals surface area contributed by atoms with Gasteiger partial charge in [-0.3, -0.25) is 10.9 Å². The number of hydrogen-bond acceptors (Lipinski definition) is 2. The van der Waals surface area contributed by atoms with E-state index in [1.54, 1.807) is 0 Å². The van der Waals surface area contributed by atoms with Crippen molar-refractivity contribution in [1.29, 1.82) is 0 Å². The fourth-order valence-electron chi connectivity index (χ4n) is 0.244. The Morgan fingerprint density at radius 2 is 2.18 bits per heavy atom. The molecule has 0 aliphatic heterocycles. The van der Waals surface area contributed by atoms with Crippen molar-refractivity contribution in [2.24, 2.45) is 0 Å². The molecule has 0 saturated heterocycles. The predicted molar refractivity (Wildman–Crippen MR) is 41.4 cm³/mol. The molecule has 0 heterocycles. The van der Waals surface area contributed by atoms with Crippen molar-refractivity contribution in [3.63, 3.8) is 0 Å². The van der Waals surface area contributed by atoms with Crippen LogP contribution in [0.2, 0.25) is 0 Å². The quantitative estimate of drug-likeness (QED) is 0.338. The maximum absolute atomic E-state index is 10.1. The van der Waals surface area contributed by atoms with Crippen molar-refractivity contribution in [3.05, 3.63) is 35.8 Å². The van der Waals surface area contributed by atoms with Crippen LogP contribution in [0.3, 0.4) is 0 Å². The molecule has 0 spiro atoms. The van der Waals surface area contributed by atoms with Gasteiger partial charge in [0.2, 0.25) is 0 Å². The predicted octanol–water partition coefficient (Wildman–Crippen LogP) is 1.23. The Hall–Kier alpha value is 0.144. The second-order valence-electron chi connectivity index (χ2n) is 1.36. The molecule has 0 rings (SSSR count). The largest absolute Gasteiger partial charge is 0.486 e. The second kappa shape index (κ2) is 8.24. The van der Waals surface area contributed by atoms with Gasteiger partial charge in [-0.15, -0.1) is 0 Å². The van der Waals surface area contributed by atoms with Crippen molar-refractivity contribution < 1.29 is 42.6 Å². The Labute approximate surface area is 96.4 Å². The van der Waals surface area contributed by atoms with Gasteiger partial charge < -0.3 is 23.8 Å². The number of rotatable bonds is 3. The number of carbonyl (C=O) groups is 1. The van der Waals surface area contributed by atoms with Crippen LogP contribution in [0, 0.1) is 12.7 Å². The zero-order valence-electron chi connectivity index (χ0n) is 5.69. The number of aliphatic carboxylic acids is 1. The van der Waals surface area contributed by atoms with Crippen LogP contribution in [-0.2, 0) is 37.5 Å². The maximum Gasteiger partial charge on any atom is 0.285 e. The summed E-state index contributed by atoms with van der Waals surface area (Å²) >= 11 is 3.62. The molecule has 0 aliphatic carbocycles. The molecule has 11 heavy (non-hydrogen) atoms. The summed E-state index contributed by atoms with van der Waals surface area (Å²) in [7, 11) is 0. The Bertz CT molecular complexity index is 197. The minimum Gasteiger partial charge on any atom is -0.486 e. The summed E-state index contributed by atoms with van der Waals surface area (Å²) in [6.07, 6.45) is 6.35. The van der Waals surface area contributed by atoms with Crippen molar-refractivity contribution in [2.75, 3.05) is 0 Å². The van der Waals surface area contributed by atoms with Gasteiger partial charge in [0.05, 0.1) is 0 Å². The Kier molecular flexibility index (Phi) is 10.3. The molecule has 0 amide bonds. The average molecular weight is 243 g/mol. The molecule has 0 aliphatic rings. The number of carboxylic acid groups (broad SMARTS) is 1. The third-order valence-corrected chi connectivity index (χ3v) is 0.952. The number of hydrogen-bond donors (Lipinski definition) is 2. The van der Waals surface area contributed by atoms with Crippen LogP contribution < -0.4 is 0 Å². The molecule has 2 nitrogen and oxygen atoms in total. The minimum absolute atomic E-state index is 0. The van der Waals surface area contributed by atoms with Gasteiger partial charge in [0, 0.05) is 32.7 Å². The zero-order chi connectivity index (χ0) is 7.98. The fourth-order valence-corrected chi connectivity index (χ4v) is 0.319. The van der Waals surface area contributed by atoms with Gasteiger partial charge in [0.1, 0.15) is 0 Å². The Morgan fingerprint density at radius 1 is 1.64 bits per heavy atom. The van der Waals surface area contributed by atoms with Crippen LogP contribution in [0.5, 0.6) is 0 Å². The molecule has 57 valence electrons. The summed E-state index contributed by atoms with van der Waals surface area (Å²) in [5.74, 6) is -1.08. The molecule has 0 aromatic rings. The van der Waals surface area contributed by atoms with Gasteiger partial charge in [0.25, 0.3) is 5.97 Å². The van der Waals surface area contributed by atoms with E-state index in [0.29, 0.717) is 0 Å². The summed E-state index contributed by atoms with van der Waals surface area (Å²) in [6, 6.07) is 0. The van der Waals surface area contributed by atoms with Crippen LogP contribution in [-0.4, -0.2) is 11.1 Å². The van der Waals surface area contributed by atoms with Crippen LogP contribution in [0.4, 0.5) is 0 Å². The van der Waals surface area contributed by atoms with Crippen molar-refractivity contribution >= 4 is 18.6 Å². The summed E-state index contributed by atoms with van der Waals surface area (Å²) in [5.41, 5.74) is 0. The smallest absolute Gasteiger partial charge is 0.285 e. The summed E-state index contributed by atoms with van der Waals surface area (Å²) in [5, 5.41) is 8.24. The van der Waals surface area contributed by atoms with Gasteiger partial charge in [-0.1, -0.05) is 0 Å². The second-order valence-corrected chi connectivity index (χ2v) is 1.84. The fraction of sp³-hybridized carbons (Fsp3) is 0. The van der Waals surface area contributed by atoms with Crippen LogP contribution in [0.25, 0.3) is 0 Å². The summed E-state index contributed by atoms with van der Waals surface area (Å²) < 4.78 is 0. The summed E-state index contributed by atoms with van der Waals surface area (Å²) in [4.78, 5) is 9.98. The molecule has 0 aromatic carbocycles. The van der Waals surface area contributed by atoms with Crippen LogP contribution >= 0.6 is 12.6 Å². The monoisotopic (exact) mass is 243 g/mol. The zero-order valence-corrected chi connectivity index (χ0v) is 9.42. The number of thiol groups is 1. The molecular weight excluding hydrogens is 237 g/mol. The van der Waals surface area contributed by atoms with E-state index in [1.165, 1.54) is 18.2 Å². The molecule has 1 N–H and O–H groups in total. The van der Waals surface area contributed by atoms with E-state index in [2.05, 4.69) is 18.7 Å². The SMILES string of the molecule is [CH-]=CC=[C-]/C=C(\S)C(=O)O.[Y]. The van der Waals surface area contributed by atoms with E-state index in [-0.39, 0.29) is 37.6 Å². The third-order valence-electron chi connectivity index (χ3n) is 0.632. The van der Waals surface area contributed by atoms with E-state index in [4.69, 9.17) is 11.7 Å². The molecule has 4 heteroatoms. The van der Waals surface area contributed by atoms with Gasteiger partial charge >= 0.3 is 0 Å². The normalized spacial score (nSPS) is 10.8. The molecule has 0 unspecified atom stereocenters. The molecule has 1 radical (unpaired) electrons. The Morgan fingerprint density at radius 3 is 2.55 bits per heavy atom. The molecule has 0 atom stereocenters. The first-order chi connectivity index (χ1) is 4.68. The molecular formula is C7H6O2SY-2. The topological polar surface area (TPSA) is 37.3 Å². The van der Waals surface area contributed by atoms with Crippen molar-refractivity contribution in [1.82, 2.24) is 0 Å². The van der Waals surface area contributed by atoms with E-state index < -0.39 is 5.97 Å². The standard InChI is InChI=1S/C7H6O2S.Y/c1-2-3-4-5-6(10)7(8)9;/h1-3,5,10H,(H,8,9);/q-2;/b6-5-;. The molecule has 0 aromatic heterocycles. The van der Waals surface area contributed by atoms with E-state index >= 15 is 0 Å². The first-order valence-electron chi connectivity index (χ1n) is 2.43. The molecule has 0 saturated carbocycles. The van der Waals surface area contributed by atoms with Gasteiger partial charge in [-0.2, -0.15) is 6.08 Å². The first-order valence-corrected chi connectivity index (χ1v) is 2.88. The van der Waals surface area contributed by atoms with Crippen molar-refractivity contribution in [2.45, 2.75) is 0 Å². The molecule has 0 bridgehead atoms. The number of allylic oxidation sites excluding steroid dienone is 4. The average Bonchev–Trinajstić information content (AvgIpc) is 1.88. The Balaban J connectivity index is 0.